The molecule has 0 saturated carbocycles. The molecule has 1 N–H and O–H groups in total. The molecular weight excluding hydrogens is 378 g/mol. The quantitative estimate of drug-likeness (QED) is 0.186. The van der Waals surface area contributed by atoms with Gasteiger partial charge in [0.2, 0.25) is 5.89 Å². The molecule has 0 amide bonds. The van der Waals surface area contributed by atoms with E-state index in [1.165, 1.54) is 12.5 Å². The first-order chi connectivity index (χ1) is 13.6. The van der Waals surface area contributed by atoms with Crippen LogP contribution >= 0.6 is 12.2 Å². The smallest absolute Gasteiger partial charge is 0.355 e. The highest BCUT2D eigenvalue weighted by Gasteiger charge is 2.14. The molecule has 0 spiro atoms. The highest BCUT2D eigenvalue weighted by molar-refractivity contribution is 7.71. The molecule has 0 saturated heterocycles. The minimum atomic E-state index is -0.791. The van der Waals surface area contributed by atoms with Crippen LogP contribution in [-0.4, -0.2) is 25.7 Å². The summed E-state index contributed by atoms with van der Waals surface area (Å²) in [5, 5.41) is 15.8. The van der Waals surface area contributed by atoms with Gasteiger partial charge >= 0.3 is 5.97 Å². The Morgan fingerprint density at radius 3 is 2.93 bits per heavy atom. The Kier molecular flexibility index (Phi) is 4.53. The Morgan fingerprint density at radius 1 is 1.29 bits per heavy atom. The third-order valence-corrected chi connectivity index (χ3v) is 3.99. The van der Waals surface area contributed by atoms with Gasteiger partial charge in [-0.1, -0.05) is 18.2 Å². The molecule has 0 aliphatic rings. The van der Waals surface area contributed by atoms with E-state index in [2.05, 4.69) is 15.2 Å². The molecule has 136 valence electrons. The van der Waals surface area contributed by atoms with E-state index in [9.17, 15) is 10.1 Å². The molecule has 0 aliphatic heterocycles. The molecule has 2 aromatic carbocycles. The van der Waals surface area contributed by atoms with Crippen molar-refractivity contribution in [2.45, 2.75) is 0 Å². The minimum absolute atomic E-state index is 0.139. The summed E-state index contributed by atoms with van der Waals surface area (Å²) in [6.45, 7) is 0. The van der Waals surface area contributed by atoms with Gasteiger partial charge in [-0.3, -0.25) is 0 Å². The largest absolute Gasteiger partial charge is 0.422 e. The van der Waals surface area contributed by atoms with Crippen LogP contribution in [0.3, 0.4) is 0 Å². The maximum Gasteiger partial charge on any atom is 0.355 e. The summed E-state index contributed by atoms with van der Waals surface area (Å²) in [5.41, 5.74) is 1.91. The highest BCUT2D eigenvalue weighted by Crippen LogP contribution is 2.23. The fourth-order valence-electron chi connectivity index (χ4n) is 2.56. The lowest BCUT2D eigenvalue weighted by Gasteiger charge is -2.05. The number of ether oxygens (including phenoxy) is 1. The number of aromatic amines is 1. The number of nitrogens with one attached hydrogen (secondary N) is 1. The van der Waals surface area contributed by atoms with Gasteiger partial charge in [0.25, 0.3) is 4.84 Å². The van der Waals surface area contributed by atoms with Crippen molar-refractivity contribution in [1.82, 2.24) is 19.7 Å². The molecule has 4 rings (SSSR count). The second-order valence-electron chi connectivity index (χ2n) is 5.63. The summed E-state index contributed by atoms with van der Waals surface area (Å²) >= 11 is 4.85. The summed E-state index contributed by atoms with van der Waals surface area (Å²) in [4.78, 5) is 16.8. The van der Waals surface area contributed by atoms with Gasteiger partial charge in [-0.05, 0) is 42.5 Å². The van der Waals surface area contributed by atoms with Crippen LogP contribution in [0.5, 0.6) is 5.75 Å². The number of benzene rings is 2. The lowest BCUT2D eigenvalue weighted by Crippen LogP contribution is -2.11. The van der Waals surface area contributed by atoms with Gasteiger partial charge < -0.3 is 13.7 Å². The number of H-pyrrole nitrogens is 1. The maximum atomic E-state index is 12.4. The van der Waals surface area contributed by atoms with Crippen molar-refractivity contribution in [2.24, 2.45) is 0 Å². The number of esters is 1. The number of carbonyl (C=O) groups is 1. The van der Waals surface area contributed by atoms with Crippen molar-refractivity contribution in [1.29, 1.82) is 5.26 Å². The number of rotatable bonds is 4. The SMILES string of the molecule is N#CC(=Cn1cnc2ccccc21)C(=O)Oc1cccc(-c2n[nH]c(=S)o2)c1. The van der Waals surface area contributed by atoms with Crippen LogP contribution < -0.4 is 4.74 Å². The number of nitriles is 1. The number of imidazole rings is 1. The number of fused-ring (bicyclic) bond motifs is 1. The normalized spacial score (nSPS) is 11.3. The second-order valence-corrected chi connectivity index (χ2v) is 6.00. The minimum Gasteiger partial charge on any atom is -0.422 e. The monoisotopic (exact) mass is 389 g/mol. The second kappa shape index (κ2) is 7.30. The third-order valence-electron chi connectivity index (χ3n) is 3.82. The lowest BCUT2D eigenvalue weighted by atomic mass is 10.2. The first kappa shape index (κ1) is 17.4. The zero-order chi connectivity index (χ0) is 19.5. The van der Waals surface area contributed by atoms with Crippen LogP contribution in [0.15, 0.2) is 64.8 Å². The van der Waals surface area contributed by atoms with Crippen molar-refractivity contribution < 1.29 is 13.9 Å². The van der Waals surface area contributed by atoms with Crippen LogP contribution in [0, 0.1) is 16.2 Å². The van der Waals surface area contributed by atoms with Crippen LogP contribution in [0.2, 0.25) is 0 Å². The van der Waals surface area contributed by atoms with Crippen molar-refractivity contribution in [2.75, 3.05) is 0 Å². The van der Waals surface area contributed by atoms with Gasteiger partial charge in [0.15, 0.2) is 5.57 Å². The maximum absolute atomic E-state index is 12.4. The van der Waals surface area contributed by atoms with Crippen molar-refractivity contribution in [3.8, 4) is 23.3 Å². The standard InChI is InChI=1S/C19H11N5O3S/c20-9-13(10-24-11-21-15-6-1-2-7-16(15)24)18(25)26-14-5-3-4-12(8-14)17-22-23-19(28)27-17/h1-8,10-11H,(H,23,28). The van der Waals surface area contributed by atoms with Crippen LogP contribution in [-0.2, 0) is 4.79 Å². The van der Waals surface area contributed by atoms with E-state index in [0.717, 1.165) is 11.0 Å². The molecule has 0 fully saturated rings. The zero-order valence-electron chi connectivity index (χ0n) is 14.2. The summed E-state index contributed by atoms with van der Waals surface area (Å²) in [7, 11) is 0. The van der Waals surface area contributed by atoms with E-state index in [1.54, 1.807) is 28.8 Å². The Hall–Kier alpha value is -4.03. The predicted octanol–water partition coefficient (Wildman–Crippen LogP) is 3.72. The van der Waals surface area contributed by atoms with Gasteiger partial charge in [0.05, 0.1) is 17.4 Å². The molecule has 8 nitrogen and oxygen atoms in total. The topological polar surface area (TPSA) is 110 Å². The highest BCUT2D eigenvalue weighted by atomic mass is 32.1. The number of carbonyl (C=O) groups excluding carboxylic acids is 1. The summed E-state index contributed by atoms with van der Waals surface area (Å²) in [6, 6.07) is 15.8. The third kappa shape index (κ3) is 3.44. The van der Waals surface area contributed by atoms with E-state index in [4.69, 9.17) is 21.4 Å². The van der Waals surface area contributed by atoms with Crippen molar-refractivity contribution >= 4 is 35.4 Å². The number of para-hydroxylation sites is 2. The summed E-state index contributed by atoms with van der Waals surface area (Å²) in [5.74, 6) is -0.285. The summed E-state index contributed by atoms with van der Waals surface area (Å²) < 4.78 is 12.2. The first-order valence-corrected chi connectivity index (χ1v) is 8.46. The number of hydrogen-bond donors (Lipinski definition) is 1. The fraction of sp³-hybridized carbons (Fsp3) is 0. The zero-order valence-corrected chi connectivity index (χ0v) is 15.0. The van der Waals surface area contributed by atoms with Gasteiger partial charge in [0.1, 0.15) is 11.8 Å². The first-order valence-electron chi connectivity index (χ1n) is 8.05. The fourth-order valence-corrected chi connectivity index (χ4v) is 2.68. The van der Waals surface area contributed by atoms with E-state index in [1.807, 2.05) is 30.3 Å². The molecular formula is C19H11N5O3S. The van der Waals surface area contributed by atoms with Crippen LogP contribution in [0.4, 0.5) is 0 Å². The molecule has 0 atom stereocenters. The molecule has 2 aromatic heterocycles. The van der Waals surface area contributed by atoms with E-state index >= 15 is 0 Å². The lowest BCUT2D eigenvalue weighted by molar-refractivity contribution is -0.129. The molecule has 2 heterocycles. The Morgan fingerprint density at radius 2 is 2.14 bits per heavy atom. The molecule has 9 heteroatoms. The number of aromatic nitrogens is 4. The van der Waals surface area contributed by atoms with Gasteiger partial charge in [0, 0.05) is 11.8 Å². The number of hydrogen-bond acceptors (Lipinski definition) is 7. The van der Waals surface area contributed by atoms with Gasteiger partial charge in [-0.2, -0.15) is 5.26 Å². The molecule has 0 radical (unpaired) electrons. The Bertz CT molecular complexity index is 1310. The number of nitrogens with zero attached hydrogens (tertiary/aromatic N) is 4. The van der Waals surface area contributed by atoms with Crippen LogP contribution in [0.25, 0.3) is 28.7 Å². The van der Waals surface area contributed by atoms with Crippen molar-refractivity contribution in [3.05, 3.63) is 65.3 Å². The van der Waals surface area contributed by atoms with Crippen LogP contribution in [0.1, 0.15) is 0 Å². The Labute approximate surface area is 163 Å². The van der Waals surface area contributed by atoms with Gasteiger partial charge in [-0.25, -0.2) is 14.9 Å². The summed E-state index contributed by atoms with van der Waals surface area (Å²) in [6.07, 6.45) is 2.91. The molecule has 0 aliphatic carbocycles. The van der Waals surface area contributed by atoms with Crippen molar-refractivity contribution in [3.63, 3.8) is 0 Å². The molecule has 28 heavy (non-hydrogen) atoms. The Balaban J connectivity index is 1.60. The molecule has 4 aromatic rings. The molecule has 0 bridgehead atoms. The van der Waals surface area contributed by atoms with E-state index < -0.39 is 5.97 Å². The average molecular weight is 389 g/mol. The predicted molar refractivity (Wildman–Crippen MR) is 102 cm³/mol. The molecule has 0 unspecified atom stereocenters. The average Bonchev–Trinajstić information content (AvgIpc) is 3.32. The van der Waals surface area contributed by atoms with Gasteiger partial charge in [-0.15, -0.1) is 5.10 Å². The van der Waals surface area contributed by atoms with E-state index in [0.29, 0.717) is 5.56 Å². The van der Waals surface area contributed by atoms with E-state index in [-0.39, 0.29) is 22.1 Å².